The first kappa shape index (κ1) is 20.2. The molecule has 0 aromatic heterocycles. The van der Waals surface area contributed by atoms with Crippen molar-refractivity contribution < 1.29 is 29.3 Å². The molecule has 0 aliphatic carbocycles. The second-order valence-electron chi connectivity index (χ2n) is 5.98. The van der Waals surface area contributed by atoms with Gasteiger partial charge in [-0.25, -0.2) is 4.79 Å². The first-order valence-corrected chi connectivity index (χ1v) is 7.18. The average molecular weight is 318 g/mol. The Morgan fingerprint density at radius 1 is 1.18 bits per heavy atom. The van der Waals surface area contributed by atoms with Gasteiger partial charge in [0, 0.05) is 19.6 Å². The minimum Gasteiger partial charge on any atom is -0.481 e. The van der Waals surface area contributed by atoms with Crippen molar-refractivity contribution in [2.75, 3.05) is 19.6 Å². The third-order valence-corrected chi connectivity index (χ3v) is 2.81. The number of hydrogen-bond acceptors (Lipinski definition) is 5. The van der Waals surface area contributed by atoms with E-state index in [4.69, 9.17) is 14.9 Å². The van der Waals surface area contributed by atoms with Crippen molar-refractivity contribution in [3.05, 3.63) is 0 Å². The number of amides is 1. The second-order valence-corrected chi connectivity index (χ2v) is 5.98. The quantitative estimate of drug-likeness (QED) is 0.546. The van der Waals surface area contributed by atoms with Crippen LogP contribution in [0.3, 0.4) is 0 Å². The zero-order chi connectivity index (χ0) is 17.3. The molecule has 0 aromatic carbocycles. The number of nitrogens with one attached hydrogen (secondary N) is 1. The van der Waals surface area contributed by atoms with Crippen molar-refractivity contribution in [3.63, 3.8) is 0 Å². The van der Waals surface area contributed by atoms with Gasteiger partial charge in [-0.1, -0.05) is 0 Å². The number of alkyl carbamates (subject to hydrolysis) is 1. The topological polar surface area (TPSA) is 116 Å². The van der Waals surface area contributed by atoms with E-state index < -0.39 is 29.7 Å². The standard InChI is InChI=1S/C14H26N2O6/c1-10(12(19)20)16(9-6-11(17)18)8-5-7-15-13(21)22-14(2,3)4/h10H,5-9H2,1-4H3,(H,15,21)(H,17,18)(H,19,20). The zero-order valence-electron chi connectivity index (χ0n) is 13.6. The highest BCUT2D eigenvalue weighted by Gasteiger charge is 2.21. The molecule has 8 heteroatoms. The third-order valence-electron chi connectivity index (χ3n) is 2.81. The van der Waals surface area contributed by atoms with Crippen molar-refractivity contribution in [3.8, 4) is 0 Å². The van der Waals surface area contributed by atoms with Gasteiger partial charge in [0.2, 0.25) is 0 Å². The molecule has 1 atom stereocenters. The summed E-state index contributed by atoms with van der Waals surface area (Å²) in [5.74, 6) is -1.99. The van der Waals surface area contributed by atoms with Crippen molar-refractivity contribution in [2.45, 2.75) is 52.2 Å². The van der Waals surface area contributed by atoms with Crippen LogP contribution in [0.1, 0.15) is 40.5 Å². The van der Waals surface area contributed by atoms with Gasteiger partial charge in [-0.15, -0.1) is 0 Å². The molecule has 0 aromatic rings. The molecule has 0 bridgehead atoms. The van der Waals surface area contributed by atoms with Crippen LogP contribution in [-0.4, -0.2) is 64.4 Å². The molecule has 3 N–H and O–H groups in total. The molecule has 22 heavy (non-hydrogen) atoms. The predicted molar refractivity (Wildman–Crippen MR) is 79.8 cm³/mol. The van der Waals surface area contributed by atoms with Gasteiger partial charge in [0.15, 0.2) is 0 Å². The maximum absolute atomic E-state index is 11.4. The molecule has 0 radical (unpaired) electrons. The van der Waals surface area contributed by atoms with E-state index in [2.05, 4.69) is 5.32 Å². The van der Waals surface area contributed by atoms with Crippen LogP contribution < -0.4 is 5.32 Å². The number of carbonyl (C=O) groups is 3. The van der Waals surface area contributed by atoms with Crippen molar-refractivity contribution >= 4 is 18.0 Å². The lowest BCUT2D eigenvalue weighted by atomic mass is 10.2. The van der Waals surface area contributed by atoms with Crippen LogP contribution in [0.25, 0.3) is 0 Å². The highest BCUT2D eigenvalue weighted by atomic mass is 16.6. The van der Waals surface area contributed by atoms with Crippen LogP contribution in [0.4, 0.5) is 4.79 Å². The summed E-state index contributed by atoms with van der Waals surface area (Å²) >= 11 is 0. The van der Waals surface area contributed by atoms with Gasteiger partial charge in [0.05, 0.1) is 6.42 Å². The van der Waals surface area contributed by atoms with Gasteiger partial charge in [-0.2, -0.15) is 0 Å². The largest absolute Gasteiger partial charge is 0.481 e. The Kier molecular flexibility index (Phi) is 8.47. The van der Waals surface area contributed by atoms with Gasteiger partial charge in [-0.3, -0.25) is 14.5 Å². The number of rotatable bonds is 9. The molecular weight excluding hydrogens is 292 g/mol. The van der Waals surface area contributed by atoms with Gasteiger partial charge < -0.3 is 20.3 Å². The maximum Gasteiger partial charge on any atom is 0.407 e. The van der Waals surface area contributed by atoms with Crippen LogP contribution in [0.2, 0.25) is 0 Å². The first-order valence-electron chi connectivity index (χ1n) is 7.18. The highest BCUT2D eigenvalue weighted by Crippen LogP contribution is 2.06. The summed E-state index contributed by atoms with van der Waals surface area (Å²) in [6.07, 6.45) is -0.163. The lowest BCUT2D eigenvalue weighted by molar-refractivity contribution is -0.144. The summed E-state index contributed by atoms with van der Waals surface area (Å²) in [5.41, 5.74) is -0.574. The SMILES string of the molecule is CC(C(=O)O)N(CCCNC(=O)OC(C)(C)C)CCC(=O)O. The van der Waals surface area contributed by atoms with Crippen molar-refractivity contribution in [1.82, 2.24) is 10.2 Å². The highest BCUT2D eigenvalue weighted by molar-refractivity contribution is 5.73. The lowest BCUT2D eigenvalue weighted by Crippen LogP contribution is -2.42. The maximum atomic E-state index is 11.4. The van der Waals surface area contributed by atoms with Gasteiger partial charge >= 0.3 is 18.0 Å². The molecule has 0 rings (SSSR count). The van der Waals surface area contributed by atoms with Crippen molar-refractivity contribution in [2.24, 2.45) is 0 Å². The van der Waals surface area contributed by atoms with Gasteiger partial charge in [0.1, 0.15) is 11.6 Å². The van der Waals surface area contributed by atoms with E-state index in [1.807, 2.05) is 0 Å². The van der Waals surface area contributed by atoms with Crippen molar-refractivity contribution in [1.29, 1.82) is 0 Å². The zero-order valence-corrected chi connectivity index (χ0v) is 13.6. The summed E-state index contributed by atoms with van der Waals surface area (Å²) in [5, 5.41) is 20.3. The average Bonchev–Trinajstić information content (AvgIpc) is 2.34. The van der Waals surface area contributed by atoms with Gasteiger partial charge in [0.25, 0.3) is 0 Å². The van der Waals surface area contributed by atoms with Crippen LogP contribution >= 0.6 is 0 Å². The van der Waals surface area contributed by atoms with Crippen LogP contribution in [-0.2, 0) is 14.3 Å². The number of carbonyl (C=O) groups excluding carboxylic acids is 1. The molecule has 0 spiro atoms. The molecule has 0 fully saturated rings. The van der Waals surface area contributed by atoms with Crippen LogP contribution in [0, 0.1) is 0 Å². The Balaban J connectivity index is 4.20. The number of hydrogen-bond donors (Lipinski definition) is 3. The number of carboxylic acids is 2. The molecule has 1 amide bonds. The van der Waals surface area contributed by atoms with E-state index in [0.29, 0.717) is 19.5 Å². The molecule has 0 aliphatic rings. The Hall–Kier alpha value is -1.83. The fourth-order valence-corrected chi connectivity index (χ4v) is 1.68. The number of carboxylic acid groups (broad SMARTS) is 2. The summed E-state index contributed by atoms with van der Waals surface area (Å²) < 4.78 is 5.07. The van der Waals surface area contributed by atoms with Crippen LogP contribution in [0.5, 0.6) is 0 Å². The summed E-state index contributed by atoms with van der Waals surface area (Å²) in [7, 11) is 0. The summed E-state index contributed by atoms with van der Waals surface area (Å²) in [6, 6.07) is -0.777. The smallest absolute Gasteiger partial charge is 0.407 e. The number of aliphatic carboxylic acids is 2. The fourth-order valence-electron chi connectivity index (χ4n) is 1.68. The Bertz CT molecular complexity index is 391. The summed E-state index contributed by atoms with van der Waals surface area (Å²) in [4.78, 5) is 34.6. The lowest BCUT2D eigenvalue weighted by Gasteiger charge is -2.25. The summed E-state index contributed by atoms with van der Waals surface area (Å²) in [6.45, 7) is 7.63. The number of nitrogens with zero attached hydrogens (tertiary/aromatic N) is 1. The molecule has 0 saturated carbocycles. The molecule has 0 heterocycles. The predicted octanol–water partition coefficient (Wildman–Crippen LogP) is 1.15. The fraction of sp³-hybridized carbons (Fsp3) is 0.786. The van der Waals surface area contributed by atoms with Gasteiger partial charge in [-0.05, 0) is 34.1 Å². The van der Waals surface area contributed by atoms with E-state index in [0.717, 1.165) is 0 Å². The molecule has 0 saturated heterocycles. The van der Waals surface area contributed by atoms with Crippen LogP contribution in [0.15, 0.2) is 0 Å². The normalized spacial score (nSPS) is 12.8. The van der Waals surface area contributed by atoms with E-state index >= 15 is 0 Å². The Morgan fingerprint density at radius 2 is 1.77 bits per heavy atom. The molecule has 0 aliphatic heterocycles. The molecule has 1 unspecified atom stereocenters. The third kappa shape index (κ3) is 9.98. The number of ether oxygens (including phenoxy) is 1. The molecular formula is C14H26N2O6. The van der Waals surface area contributed by atoms with E-state index in [-0.39, 0.29) is 13.0 Å². The molecule has 8 nitrogen and oxygen atoms in total. The first-order chi connectivity index (χ1) is 10.0. The second kappa shape index (κ2) is 9.24. The monoisotopic (exact) mass is 318 g/mol. The minimum absolute atomic E-state index is 0.128. The minimum atomic E-state index is -1.01. The van der Waals surface area contributed by atoms with E-state index in [1.165, 1.54) is 6.92 Å². The van der Waals surface area contributed by atoms with E-state index in [9.17, 15) is 14.4 Å². The Labute approximate surface area is 130 Å². The van der Waals surface area contributed by atoms with E-state index in [1.54, 1.807) is 25.7 Å². The Morgan fingerprint density at radius 3 is 2.23 bits per heavy atom. The molecule has 128 valence electrons.